The zero-order chi connectivity index (χ0) is 18.1. The molecule has 0 aliphatic carbocycles. The molecule has 0 amide bonds. The minimum absolute atomic E-state index is 0.0769. The van der Waals surface area contributed by atoms with E-state index < -0.39 is 4.92 Å². The second-order valence-electron chi connectivity index (χ2n) is 6.33. The molecule has 1 aliphatic heterocycles. The van der Waals surface area contributed by atoms with Gasteiger partial charge in [-0.15, -0.1) is 11.6 Å². The lowest BCUT2D eigenvalue weighted by molar-refractivity contribution is -0.384. The van der Waals surface area contributed by atoms with Gasteiger partial charge in [0.1, 0.15) is 12.4 Å². The molecule has 0 unspecified atom stereocenters. The van der Waals surface area contributed by atoms with Crippen LogP contribution in [-0.4, -0.2) is 17.3 Å². The molecule has 0 radical (unpaired) electrons. The highest BCUT2D eigenvalue weighted by Crippen LogP contribution is 2.42. The Morgan fingerprint density at radius 2 is 1.88 bits per heavy atom. The Morgan fingerprint density at radius 3 is 2.58 bits per heavy atom. The number of rotatable bonds is 5. The Morgan fingerprint density at radius 1 is 1.15 bits per heavy atom. The monoisotopic (exact) mass is 368 g/mol. The highest BCUT2D eigenvalue weighted by atomic mass is 35.5. The summed E-state index contributed by atoms with van der Waals surface area (Å²) in [6.45, 7) is 1.17. The number of non-ortho nitro benzene ring substituents is 1. The van der Waals surface area contributed by atoms with E-state index in [0.717, 1.165) is 34.3 Å². The van der Waals surface area contributed by atoms with Crippen LogP contribution in [0.2, 0.25) is 0 Å². The van der Waals surface area contributed by atoms with Crippen LogP contribution in [0.5, 0.6) is 5.75 Å². The number of alkyl halides is 1. The van der Waals surface area contributed by atoms with Crippen LogP contribution in [0.4, 0.5) is 11.4 Å². The van der Waals surface area contributed by atoms with Crippen LogP contribution in [0.25, 0.3) is 10.8 Å². The maximum absolute atomic E-state index is 10.8. The highest BCUT2D eigenvalue weighted by Gasteiger charge is 2.25. The van der Waals surface area contributed by atoms with Crippen molar-refractivity contribution in [1.82, 2.24) is 0 Å². The molecule has 3 aromatic rings. The fourth-order valence-corrected chi connectivity index (χ4v) is 3.68. The average molecular weight is 369 g/mol. The van der Waals surface area contributed by atoms with Crippen molar-refractivity contribution in [2.24, 2.45) is 0 Å². The van der Waals surface area contributed by atoms with Crippen LogP contribution >= 0.6 is 11.6 Å². The summed E-state index contributed by atoms with van der Waals surface area (Å²) >= 11 is 6.13. The van der Waals surface area contributed by atoms with Gasteiger partial charge in [0, 0.05) is 47.6 Å². The number of hydrogen-bond donors (Lipinski definition) is 1. The largest absolute Gasteiger partial charge is 0.488 e. The molecule has 132 valence electrons. The molecule has 4 rings (SSSR count). The number of hydrogen-bond acceptors (Lipinski definition) is 4. The van der Waals surface area contributed by atoms with E-state index >= 15 is 0 Å². The Labute approximate surface area is 155 Å². The van der Waals surface area contributed by atoms with Crippen molar-refractivity contribution >= 4 is 33.7 Å². The third kappa shape index (κ3) is 2.95. The van der Waals surface area contributed by atoms with E-state index in [4.69, 9.17) is 16.3 Å². The van der Waals surface area contributed by atoms with E-state index in [2.05, 4.69) is 11.4 Å². The van der Waals surface area contributed by atoms with Gasteiger partial charge in [-0.05, 0) is 28.6 Å². The standard InChI is InChI=1S/C20H17ClN2O3/c21-10-14-11-22-18-9-19(16-3-1-2-4-17(16)20(14)18)26-12-13-5-7-15(8-6-13)23(24)25/h1-9,14,22H,10-12H2/t14-/m1/s1. The van der Waals surface area contributed by atoms with Crippen LogP contribution in [0.1, 0.15) is 17.0 Å². The maximum Gasteiger partial charge on any atom is 0.269 e. The van der Waals surface area contributed by atoms with Gasteiger partial charge in [0.2, 0.25) is 0 Å². The zero-order valence-electron chi connectivity index (χ0n) is 13.9. The molecule has 0 fully saturated rings. The van der Waals surface area contributed by atoms with Crippen LogP contribution in [-0.2, 0) is 6.61 Å². The summed E-state index contributed by atoms with van der Waals surface area (Å²) < 4.78 is 6.06. The number of nitro groups is 1. The van der Waals surface area contributed by atoms with Gasteiger partial charge in [0.25, 0.3) is 5.69 Å². The Hall–Kier alpha value is -2.79. The molecule has 1 heterocycles. The minimum Gasteiger partial charge on any atom is -0.488 e. The summed E-state index contributed by atoms with van der Waals surface area (Å²) in [4.78, 5) is 10.4. The predicted molar refractivity (Wildman–Crippen MR) is 103 cm³/mol. The average Bonchev–Trinajstić information content (AvgIpc) is 3.09. The molecular formula is C20H17ClN2O3. The molecule has 6 heteroatoms. The van der Waals surface area contributed by atoms with Gasteiger partial charge in [-0.25, -0.2) is 0 Å². The Balaban J connectivity index is 1.65. The Kier molecular flexibility index (Phi) is 4.39. The van der Waals surface area contributed by atoms with Crippen molar-refractivity contribution in [3.8, 4) is 5.75 Å². The fourth-order valence-electron chi connectivity index (χ4n) is 3.41. The zero-order valence-corrected chi connectivity index (χ0v) is 14.7. The smallest absolute Gasteiger partial charge is 0.269 e. The van der Waals surface area contributed by atoms with E-state index in [1.807, 2.05) is 24.3 Å². The van der Waals surface area contributed by atoms with E-state index in [-0.39, 0.29) is 5.69 Å². The minimum atomic E-state index is -0.405. The third-order valence-electron chi connectivity index (χ3n) is 4.72. The fraction of sp³-hybridized carbons (Fsp3) is 0.200. The third-order valence-corrected chi connectivity index (χ3v) is 5.10. The summed E-state index contributed by atoms with van der Waals surface area (Å²) in [5, 5.41) is 16.4. The van der Waals surface area contributed by atoms with Crippen molar-refractivity contribution in [2.75, 3.05) is 17.7 Å². The molecule has 5 nitrogen and oxygen atoms in total. The van der Waals surface area contributed by atoms with Crippen LogP contribution < -0.4 is 10.1 Å². The summed E-state index contributed by atoms with van der Waals surface area (Å²) in [5.41, 5.74) is 3.27. The second kappa shape index (κ2) is 6.84. The molecule has 0 saturated carbocycles. The first-order valence-electron chi connectivity index (χ1n) is 8.39. The highest BCUT2D eigenvalue weighted by molar-refractivity contribution is 6.18. The number of anilines is 1. The first-order chi connectivity index (χ1) is 12.7. The van der Waals surface area contributed by atoms with Gasteiger partial charge in [0.05, 0.1) is 4.92 Å². The van der Waals surface area contributed by atoms with E-state index in [0.29, 0.717) is 18.4 Å². The lowest BCUT2D eigenvalue weighted by Crippen LogP contribution is -2.02. The lowest BCUT2D eigenvalue weighted by Gasteiger charge is -2.15. The molecule has 0 bridgehead atoms. The van der Waals surface area contributed by atoms with Gasteiger partial charge in [-0.3, -0.25) is 10.1 Å². The lowest BCUT2D eigenvalue weighted by atomic mass is 9.95. The number of nitro benzene ring substituents is 1. The number of nitrogens with zero attached hydrogens (tertiary/aromatic N) is 1. The molecule has 1 aliphatic rings. The molecule has 3 aromatic carbocycles. The normalized spacial score (nSPS) is 15.5. The Bertz CT molecular complexity index is 973. The summed E-state index contributed by atoms with van der Waals surface area (Å²) in [6.07, 6.45) is 0. The predicted octanol–water partition coefficient (Wildman–Crippen LogP) is 5.07. The summed E-state index contributed by atoms with van der Waals surface area (Å²) in [5.74, 6) is 1.66. The van der Waals surface area contributed by atoms with E-state index in [1.165, 1.54) is 17.7 Å². The molecule has 26 heavy (non-hydrogen) atoms. The van der Waals surface area contributed by atoms with Gasteiger partial charge < -0.3 is 10.1 Å². The van der Waals surface area contributed by atoms with Crippen molar-refractivity contribution in [3.63, 3.8) is 0 Å². The molecule has 0 saturated heterocycles. The molecule has 1 N–H and O–H groups in total. The summed E-state index contributed by atoms with van der Waals surface area (Å²) in [7, 11) is 0. The molecule has 0 aromatic heterocycles. The SMILES string of the molecule is O=[N+]([O-])c1ccc(COc2cc3c(c4ccccc24)[C@H](CCl)CN3)cc1. The van der Waals surface area contributed by atoms with Crippen LogP contribution in [0.3, 0.4) is 0 Å². The number of fused-ring (bicyclic) bond motifs is 3. The first kappa shape index (κ1) is 16.7. The van der Waals surface area contributed by atoms with E-state index in [1.54, 1.807) is 12.1 Å². The number of nitrogens with one attached hydrogen (secondary N) is 1. The van der Waals surface area contributed by atoms with Crippen molar-refractivity contribution in [3.05, 3.63) is 75.8 Å². The van der Waals surface area contributed by atoms with Crippen molar-refractivity contribution in [1.29, 1.82) is 0 Å². The number of ether oxygens (including phenoxy) is 1. The number of benzene rings is 3. The first-order valence-corrected chi connectivity index (χ1v) is 8.92. The number of halogens is 1. The molecule has 1 atom stereocenters. The van der Waals surface area contributed by atoms with E-state index in [9.17, 15) is 10.1 Å². The molecular weight excluding hydrogens is 352 g/mol. The van der Waals surface area contributed by atoms with Gasteiger partial charge in [0.15, 0.2) is 0 Å². The second-order valence-corrected chi connectivity index (χ2v) is 6.63. The quantitative estimate of drug-likeness (QED) is 0.387. The van der Waals surface area contributed by atoms with Crippen molar-refractivity contribution in [2.45, 2.75) is 12.5 Å². The summed E-state index contributed by atoms with van der Waals surface area (Å²) in [6, 6.07) is 16.6. The van der Waals surface area contributed by atoms with Gasteiger partial charge >= 0.3 is 0 Å². The van der Waals surface area contributed by atoms with Gasteiger partial charge in [-0.1, -0.05) is 24.3 Å². The maximum atomic E-state index is 10.8. The van der Waals surface area contributed by atoms with Crippen molar-refractivity contribution < 1.29 is 9.66 Å². The topological polar surface area (TPSA) is 64.4 Å². The van der Waals surface area contributed by atoms with Crippen LogP contribution in [0.15, 0.2) is 54.6 Å². The van der Waals surface area contributed by atoms with Gasteiger partial charge in [-0.2, -0.15) is 0 Å². The molecule has 0 spiro atoms. The van der Waals surface area contributed by atoms with Crippen LogP contribution in [0, 0.1) is 10.1 Å².